The lowest BCUT2D eigenvalue weighted by atomic mass is 10.6. The molecule has 0 saturated carbocycles. The van der Waals surface area contributed by atoms with E-state index in [-0.39, 0.29) is 0 Å². The lowest BCUT2D eigenvalue weighted by Crippen LogP contribution is -2.21. The summed E-state index contributed by atoms with van der Waals surface area (Å²) in [6, 6.07) is 0. The topological polar surface area (TPSA) is 12.0 Å². The van der Waals surface area contributed by atoms with Gasteiger partial charge in [-0.1, -0.05) is 23.4 Å². The van der Waals surface area contributed by atoms with Gasteiger partial charge in [-0.15, -0.1) is 12.8 Å². The summed E-state index contributed by atoms with van der Waals surface area (Å²) in [4.78, 5) is 0. The first-order valence-corrected chi connectivity index (χ1v) is 2.52. The van der Waals surface area contributed by atoms with E-state index >= 15 is 0 Å². The minimum atomic E-state index is -0.439. The van der Waals surface area contributed by atoms with Crippen LogP contribution in [0.15, 0.2) is 0 Å². The number of rotatable bonds is 2. The lowest BCUT2D eigenvalue weighted by molar-refractivity contribution is 0.820. The first kappa shape index (κ1) is 7.37. The Kier molecular flexibility index (Phi) is 4.17. The second-order valence-corrected chi connectivity index (χ2v) is 1.55. The van der Waals surface area contributed by atoms with E-state index in [9.17, 15) is 0 Å². The quantitative estimate of drug-likeness (QED) is 0.322. The Morgan fingerprint density at radius 3 is 2.62 bits per heavy atom. The minimum absolute atomic E-state index is 0.415. The van der Waals surface area contributed by atoms with Crippen LogP contribution in [0.4, 0.5) is 0 Å². The zero-order valence-corrected chi connectivity index (χ0v) is 5.07. The van der Waals surface area contributed by atoms with Gasteiger partial charge < -0.3 is 0 Å². The van der Waals surface area contributed by atoms with E-state index in [1.807, 2.05) is 0 Å². The Labute approximate surface area is 54.4 Å². The van der Waals surface area contributed by atoms with Gasteiger partial charge in [0.05, 0.1) is 6.54 Å². The molecule has 0 aromatic rings. The molecule has 0 aliphatic rings. The van der Waals surface area contributed by atoms with Crippen LogP contribution in [0.1, 0.15) is 0 Å². The summed E-state index contributed by atoms with van der Waals surface area (Å²) in [5, 5.41) is 2.68. The summed E-state index contributed by atoms with van der Waals surface area (Å²) < 4.78 is 0. The standard InChI is InChI=1S/C6H6ClN/c1-3-5-8-6(7)4-2/h1-2,6,8H,5H2. The summed E-state index contributed by atoms with van der Waals surface area (Å²) in [5.41, 5.74) is -0.439. The molecule has 1 unspecified atom stereocenters. The molecule has 0 rings (SSSR count). The molecule has 0 aliphatic carbocycles. The average molecular weight is 128 g/mol. The summed E-state index contributed by atoms with van der Waals surface area (Å²) >= 11 is 5.40. The molecule has 0 bridgehead atoms. The van der Waals surface area contributed by atoms with Gasteiger partial charge in [0.25, 0.3) is 0 Å². The predicted octanol–water partition coefficient (Wildman–Crippen LogP) is 0.407. The van der Waals surface area contributed by atoms with Crippen LogP contribution >= 0.6 is 11.6 Å². The molecule has 0 aliphatic heterocycles. The second kappa shape index (κ2) is 4.53. The number of nitrogens with one attached hydrogen (secondary N) is 1. The smallest absolute Gasteiger partial charge is 0.145 e. The number of hydrogen-bond donors (Lipinski definition) is 1. The van der Waals surface area contributed by atoms with Crippen molar-refractivity contribution in [2.24, 2.45) is 0 Å². The maximum Gasteiger partial charge on any atom is 0.145 e. The van der Waals surface area contributed by atoms with E-state index in [0.717, 1.165) is 0 Å². The van der Waals surface area contributed by atoms with E-state index in [1.165, 1.54) is 0 Å². The van der Waals surface area contributed by atoms with Crippen LogP contribution in [0.25, 0.3) is 0 Å². The molecule has 2 heteroatoms. The second-order valence-electron chi connectivity index (χ2n) is 1.11. The van der Waals surface area contributed by atoms with Crippen molar-refractivity contribution in [3.63, 3.8) is 0 Å². The summed E-state index contributed by atoms with van der Waals surface area (Å²) in [5.74, 6) is 4.60. The summed E-state index contributed by atoms with van der Waals surface area (Å²) in [6.07, 6.45) is 9.79. The van der Waals surface area contributed by atoms with Crippen molar-refractivity contribution in [3.05, 3.63) is 0 Å². The van der Waals surface area contributed by atoms with Crippen LogP contribution in [0.3, 0.4) is 0 Å². The fraction of sp³-hybridized carbons (Fsp3) is 0.333. The normalized spacial score (nSPS) is 11.4. The molecule has 0 spiro atoms. The predicted molar refractivity (Wildman–Crippen MR) is 35.3 cm³/mol. The lowest BCUT2D eigenvalue weighted by Gasteiger charge is -1.97. The van der Waals surface area contributed by atoms with Crippen molar-refractivity contribution in [2.75, 3.05) is 6.54 Å². The third kappa shape index (κ3) is 3.56. The molecule has 0 aromatic heterocycles. The Balaban J connectivity index is 3.18. The van der Waals surface area contributed by atoms with Crippen LogP contribution in [0.2, 0.25) is 0 Å². The van der Waals surface area contributed by atoms with Crippen molar-refractivity contribution in [2.45, 2.75) is 5.50 Å². The Morgan fingerprint density at radius 1 is 1.62 bits per heavy atom. The van der Waals surface area contributed by atoms with Crippen LogP contribution in [-0.2, 0) is 0 Å². The van der Waals surface area contributed by atoms with Crippen LogP contribution in [-0.4, -0.2) is 12.0 Å². The molecule has 1 N–H and O–H groups in total. The van der Waals surface area contributed by atoms with Gasteiger partial charge in [0.2, 0.25) is 0 Å². The first-order chi connectivity index (χ1) is 3.81. The zero-order chi connectivity index (χ0) is 6.41. The van der Waals surface area contributed by atoms with Gasteiger partial charge in [0, 0.05) is 0 Å². The molecule has 42 valence electrons. The Morgan fingerprint density at radius 2 is 2.25 bits per heavy atom. The van der Waals surface area contributed by atoms with E-state index < -0.39 is 5.50 Å². The maximum atomic E-state index is 5.40. The van der Waals surface area contributed by atoms with Gasteiger partial charge in [0.15, 0.2) is 0 Å². The molecule has 8 heavy (non-hydrogen) atoms. The minimum Gasteiger partial charge on any atom is -0.280 e. The number of terminal acetylenes is 2. The fourth-order valence-electron chi connectivity index (χ4n) is 0.207. The Bertz CT molecular complexity index is 128. The monoisotopic (exact) mass is 127 g/mol. The maximum absolute atomic E-state index is 5.40. The van der Waals surface area contributed by atoms with Gasteiger partial charge in [-0.3, -0.25) is 5.32 Å². The van der Waals surface area contributed by atoms with Crippen molar-refractivity contribution < 1.29 is 0 Å². The first-order valence-electron chi connectivity index (χ1n) is 2.08. The molecule has 0 aromatic carbocycles. The molecule has 1 atom stereocenters. The van der Waals surface area contributed by atoms with Crippen molar-refractivity contribution >= 4 is 11.6 Å². The van der Waals surface area contributed by atoms with E-state index in [1.54, 1.807) is 0 Å². The average Bonchev–Trinajstić information content (AvgIpc) is 1.83. The van der Waals surface area contributed by atoms with Crippen LogP contribution in [0, 0.1) is 24.7 Å². The van der Waals surface area contributed by atoms with E-state index in [0.29, 0.717) is 6.54 Å². The molecule has 0 radical (unpaired) electrons. The molecule has 0 amide bonds. The Hall–Kier alpha value is -0.630. The van der Waals surface area contributed by atoms with E-state index in [2.05, 4.69) is 17.2 Å². The molecule has 0 heterocycles. The van der Waals surface area contributed by atoms with Gasteiger partial charge in [0.1, 0.15) is 5.50 Å². The number of alkyl halides is 1. The third-order valence-electron chi connectivity index (χ3n) is 0.530. The highest BCUT2D eigenvalue weighted by atomic mass is 35.5. The van der Waals surface area contributed by atoms with Crippen LogP contribution in [0.5, 0.6) is 0 Å². The van der Waals surface area contributed by atoms with E-state index in [4.69, 9.17) is 24.4 Å². The summed E-state index contributed by atoms with van der Waals surface area (Å²) in [7, 11) is 0. The largest absolute Gasteiger partial charge is 0.280 e. The van der Waals surface area contributed by atoms with Crippen molar-refractivity contribution in [3.8, 4) is 24.7 Å². The molecule has 0 saturated heterocycles. The molecular formula is C6H6ClN. The molecular weight excluding hydrogens is 122 g/mol. The van der Waals surface area contributed by atoms with Gasteiger partial charge in [-0.05, 0) is 0 Å². The van der Waals surface area contributed by atoms with Gasteiger partial charge >= 0.3 is 0 Å². The van der Waals surface area contributed by atoms with Gasteiger partial charge in [-0.25, -0.2) is 0 Å². The van der Waals surface area contributed by atoms with Crippen molar-refractivity contribution in [1.29, 1.82) is 0 Å². The highest BCUT2D eigenvalue weighted by Crippen LogP contribution is 1.83. The molecule has 0 fully saturated rings. The zero-order valence-electron chi connectivity index (χ0n) is 4.32. The van der Waals surface area contributed by atoms with Gasteiger partial charge in [-0.2, -0.15) is 0 Å². The third-order valence-corrected chi connectivity index (χ3v) is 0.810. The SMILES string of the molecule is C#CCNC(Cl)C#C. The highest BCUT2D eigenvalue weighted by Gasteiger charge is 1.91. The van der Waals surface area contributed by atoms with Crippen molar-refractivity contribution in [1.82, 2.24) is 5.32 Å². The fourth-order valence-corrected chi connectivity index (χ4v) is 0.285. The van der Waals surface area contributed by atoms with Crippen LogP contribution < -0.4 is 5.32 Å². The summed E-state index contributed by atoms with van der Waals surface area (Å²) in [6.45, 7) is 0.415. The highest BCUT2D eigenvalue weighted by molar-refractivity contribution is 6.22. The number of hydrogen-bond acceptors (Lipinski definition) is 1. The molecule has 1 nitrogen and oxygen atoms in total. The number of halogens is 1.